The number of para-hydroxylation sites is 1. The zero-order valence-corrected chi connectivity index (χ0v) is 14.0. The number of nitrogens with zero attached hydrogens (tertiary/aromatic N) is 2. The van der Waals surface area contributed by atoms with Crippen molar-refractivity contribution in [2.75, 3.05) is 0 Å². The van der Waals surface area contributed by atoms with E-state index in [1.54, 1.807) is 0 Å². The molecule has 0 radical (unpaired) electrons. The molecule has 0 unspecified atom stereocenters. The van der Waals surface area contributed by atoms with Gasteiger partial charge in [0.15, 0.2) is 0 Å². The van der Waals surface area contributed by atoms with Gasteiger partial charge < -0.3 is 9.30 Å². The second-order valence-electron chi connectivity index (χ2n) is 6.34. The number of halogens is 3. The van der Waals surface area contributed by atoms with Crippen LogP contribution in [0, 0.1) is 5.92 Å². The van der Waals surface area contributed by atoms with E-state index in [1.807, 2.05) is 34.9 Å². The zero-order chi connectivity index (χ0) is 18.0. The molecule has 25 heavy (non-hydrogen) atoms. The van der Waals surface area contributed by atoms with Crippen molar-refractivity contribution in [2.45, 2.75) is 33.2 Å². The molecule has 2 aromatic carbocycles. The molecule has 0 spiro atoms. The van der Waals surface area contributed by atoms with Crippen LogP contribution in [0.1, 0.15) is 25.2 Å². The van der Waals surface area contributed by atoms with E-state index in [9.17, 15) is 13.2 Å². The molecule has 0 saturated carbocycles. The van der Waals surface area contributed by atoms with Gasteiger partial charge in [-0.25, -0.2) is 4.98 Å². The Bertz CT molecular complexity index is 854. The van der Waals surface area contributed by atoms with E-state index in [4.69, 9.17) is 4.74 Å². The monoisotopic (exact) mass is 348 g/mol. The summed E-state index contributed by atoms with van der Waals surface area (Å²) >= 11 is 0. The summed E-state index contributed by atoms with van der Waals surface area (Å²) < 4.78 is 46.5. The molecule has 0 bridgehead atoms. The molecule has 0 aliphatic rings. The van der Waals surface area contributed by atoms with Gasteiger partial charge >= 0.3 is 6.18 Å². The van der Waals surface area contributed by atoms with Gasteiger partial charge in [0.25, 0.3) is 0 Å². The maximum Gasteiger partial charge on any atom is 0.416 e. The Hall–Kier alpha value is -2.50. The number of hydrogen-bond donors (Lipinski definition) is 0. The normalized spacial score (nSPS) is 12.1. The number of rotatable bonds is 5. The van der Waals surface area contributed by atoms with Crippen molar-refractivity contribution < 1.29 is 17.9 Å². The van der Waals surface area contributed by atoms with Crippen LogP contribution in [0.2, 0.25) is 0 Å². The van der Waals surface area contributed by atoms with E-state index in [0.29, 0.717) is 35.1 Å². The first-order chi connectivity index (χ1) is 11.8. The van der Waals surface area contributed by atoms with E-state index in [0.717, 1.165) is 12.1 Å². The Kier molecular flexibility index (Phi) is 4.70. The van der Waals surface area contributed by atoms with Crippen LogP contribution in [-0.4, -0.2) is 9.55 Å². The van der Waals surface area contributed by atoms with Crippen molar-refractivity contribution in [3.63, 3.8) is 0 Å². The molecule has 1 heterocycles. The van der Waals surface area contributed by atoms with Crippen molar-refractivity contribution >= 4 is 11.0 Å². The topological polar surface area (TPSA) is 27.1 Å². The second kappa shape index (κ2) is 6.78. The van der Waals surface area contributed by atoms with Crippen LogP contribution >= 0.6 is 0 Å². The number of benzene rings is 2. The highest BCUT2D eigenvalue weighted by molar-refractivity contribution is 5.77. The Morgan fingerprint density at radius 1 is 1.08 bits per heavy atom. The average Bonchev–Trinajstić information content (AvgIpc) is 2.89. The molecule has 3 aromatic rings. The Labute approximate surface area is 144 Å². The SMILES string of the molecule is CC(C)Cn1c(COc2ccccc2)nc2cc(C(F)(F)F)ccc21. The lowest BCUT2D eigenvalue weighted by Gasteiger charge is -2.13. The van der Waals surface area contributed by atoms with E-state index in [2.05, 4.69) is 18.8 Å². The third-order valence-corrected chi connectivity index (χ3v) is 3.81. The summed E-state index contributed by atoms with van der Waals surface area (Å²) in [5.74, 6) is 1.64. The molecular formula is C19H19F3N2O. The van der Waals surface area contributed by atoms with E-state index in [1.165, 1.54) is 6.07 Å². The van der Waals surface area contributed by atoms with Crippen LogP contribution in [0.3, 0.4) is 0 Å². The molecule has 0 aliphatic carbocycles. The van der Waals surface area contributed by atoms with Gasteiger partial charge in [0, 0.05) is 6.54 Å². The van der Waals surface area contributed by atoms with Gasteiger partial charge in [-0.3, -0.25) is 0 Å². The van der Waals surface area contributed by atoms with Crippen LogP contribution < -0.4 is 4.74 Å². The van der Waals surface area contributed by atoms with Crippen LogP contribution in [0.15, 0.2) is 48.5 Å². The van der Waals surface area contributed by atoms with Gasteiger partial charge in [0.05, 0.1) is 16.6 Å². The fraction of sp³-hybridized carbons (Fsp3) is 0.316. The summed E-state index contributed by atoms with van der Waals surface area (Å²) in [4.78, 5) is 4.39. The maximum atomic E-state index is 12.9. The predicted octanol–water partition coefficient (Wildman–Crippen LogP) is 5.29. The van der Waals surface area contributed by atoms with Gasteiger partial charge in [-0.15, -0.1) is 0 Å². The molecule has 0 saturated heterocycles. The Morgan fingerprint density at radius 2 is 1.80 bits per heavy atom. The summed E-state index contributed by atoms with van der Waals surface area (Å²) in [5.41, 5.74) is 0.334. The van der Waals surface area contributed by atoms with Crippen molar-refractivity contribution in [3.05, 3.63) is 59.9 Å². The summed E-state index contributed by atoms with van der Waals surface area (Å²) in [7, 11) is 0. The fourth-order valence-corrected chi connectivity index (χ4v) is 2.70. The van der Waals surface area contributed by atoms with Gasteiger partial charge in [-0.05, 0) is 36.2 Å². The molecular weight excluding hydrogens is 329 g/mol. The number of ether oxygens (including phenoxy) is 1. The summed E-state index contributed by atoms with van der Waals surface area (Å²) in [6, 6.07) is 13.0. The first-order valence-electron chi connectivity index (χ1n) is 8.09. The molecule has 132 valence electrons. The Morgan fingerprint density at radius 3 is 2.44 bits per heavy atom. The van der Waals surface area contributed by atoms with Crippen molar-refractivity contribution in [3.8, 4) is 5.75 Å². The van der Waals surface area contributed by atoms with Crippen LogP contribution in [0.25, 0.3) is 11.0 Å². The molecule has 3 nitrogen and oxygen atoms in total. The molecule has 0 N–H and O–H groups in total. The lowest BCUT2D eigenvalue weighted by molar-refractivity contribution is -0.137. The van der Waals surface area contributed by atoms with Crippen molar-refractivity contribution in [1.29, 1.82) is 0 Å². The maximum absolute atomic E-state index is 12.9. The molecule has 3 rings (SSSR count). The zero-order valence-electron chi connectivity index (χ0n) is 14.0. The van der Waals surface area contributed by atoms with Crippen LogP contribution in [-0.2, 0) is 19.3 Å². The number of hydrogen-bond acceptors (Lipinski definition) is 2. The van der Waals surface area contributed by atoms with Gasteiger partial charge in [0.1, 0.15) is 18.2 Å². The smallest absolute Gasteiger partial charge is 0.416 e. The van der Waals surface area contributed by atoms with Gasteiger partial charge in [-0.1, -0.05) is 32.0 Å². The number of imidazole rings is 1. The molecule has 0 amide bonds. The predicted molar refractivity (Wildman–Crippen MR) is 90.3 cm³/mol. The molecule has 6 heteroatoms. The summed E-state index contributed by atoms with van der Waals surface area (Å²) in [6.45, 7) is 4.97. The average molecular weight is 348 g/mol. The lowest BCUT2D eigenvalue weighted by atomic mass is 10.2. The molecule has 0 aliphatic heterocycles. The Balaban J connectivity index is 1.97. The lowest BCUT2D eigenvalue weighted by Crippen LogP contribution is -2.11. The number of alkyl halides is 3. The van der Waals surface area contributed by atoms with E-state index < -0.39 is 11.7 Å². The van der Waals surface area contributed by atoms with Crippen LogP contribution in [0.4, 0.5) is 13.2 Å². The van der Waals surface area contributed by atoms with E-state index in [-0.39, 0.29) is 6.61 Å². The number of fused-ring (bicyclic) bond motifs is 1. The highest BCUT2D eigenvalue weighted by atomic mass is 19.4. The highest BCUT2D eigenvalue weighted by Crippen LogP contribution is 2.32. The highest BCUT2D eigenvalue weighted by Gasteiger charge is 2.31. The minimum Gasteiger partial charge on any atom is -0.486 e. The second-order valence-corrected chi connectivity index (χ2v) is 6.34. The first-order valence-corrected chi connectivity index (χ1v) is 8.09. The largest absolute Gasteiger partial charge is 0.486 e. The first kappa shape index (κ1) is 17.3. The fourth-order valence-electron chi connectivity index (χ4n) is 2.70. The summed E-state index contributed by atoms with van der Waals surface area (Å²) in [6.07, 6.45) is -4.38. The third-order valence-electron chi connectivity index (χ3n) is 3.81. The van der Waals surface area contributed by atoms with Crippen LogP contribution in [0.5, 0.6) is 5.75 Å². The molecule has 0 atom stereocenters. The van der Waals surface area contributed by atoms with Crippen molar-refractivity contribution in [2.24, 2.45) is 5.92 Å². The van der Waals surface area contributed by atoms with Gasteiger partial charge in [-0.2, -0.15) is 13.2 Å². The minimum atomic E-state index is -4.38. The summed E-state index contributed by atoms with van der Waals surface area (Å²) in [5, 5.41) is 0. The molecule has 0 fully saturated rings. The minimum absolute atomic E-state index is 0.201. The van der Waals surface area contributed by atoms with Gasteiger partial charge in [0.2, 0.25) is 0 Å². The third kappa shape index (κ3) is 3.95. The van der Waals surface area contributed by atoms with E-state index >= 15 is 0 Å². The standard InChI is InChI=1S/C19H19F3N2O/c1-13(2)11-24-17-9-8-14(19(20,21)22)10-16(17)23-18(24)12-25-15-6-4-3-5-7-15/h3-10,13H,11-12H2,1-2H3. The molecule has 1 aromatic heterocycles. The van der Waals surface area contributed by atoms with Crippen molar-refractivity contribution in [1.82, 2.24) is 9.55 Å². The quantitative estimate of drug-likeness (QED) is 0.626. The number of aromatic nitrogens is 2.